The zero-order valence-corrected chi connectivity index (χ0v) is 9.35. The molecule has 0 atom stereocenters. The number of rotatable bonds is 2. The van der Waals surface area contributed by atoms with Gasteiger partial charge in [-0.05, 0) is 23.6 Å². The molecule has 3 rings (SSSR count). The molecule has 15 heavy (non-hydrogen) atoms. The van der Waals surface area contributed by atoms with Crippen molar-refractivity contribution in [3.8, 4) is 20.3 Å². The zero-order valence-electron chi connectivity index (χ0n) is 7.71. The van der Waals surface area contributed by atoms with Gasteiger partial charge in [-0.25, -0.2) is 0 Å². The van der Waals surface area contributed by atoms with Gasteiger partial charge in [0.2, 0.25) is 0 Å². The second-order valence-corrected chi connectivity index (χ2v) is 5.06. The van der Waals surface area contributed by atoms with Crippen molar-refractivity contribution in [3.05, 3.63) is 42.0 Å². The second-order valence-electron chi connectivity index (χ2n) is 3.03. The van der Waals surface area contributed by atoms with E-state index in [0.717, 1.165) is 10.6 Å². The SMILES string of the molecule is c1csc(-c2ccc(-c3ccon3)s2)c1. The van der Waals surface area contributed by atoms with Crippen LogP contribution in [-0.4, -0.2) is 5.16 Å². The van der Waals surface area contributed by atoms with E-state index in [0.29, 0.717) is 0 Å². The molecule has 0 saturated carbocycles. The summed E-state index contributed by atoms with van der Waals surface area (Å²) in [5.41, 5.74) is 0.905. The van der Waals surface area contributed by atoms with E-state index in [2.05, 4.69) is 34.8 Å². The highest BCUT2D eigenvalue weighted by Crippen LogP contribution is 2.35. The van der Waals surface area contributed by atoms with Crippen molar-refractivity contribution in [1.82, 2.24) is 5.16 Å². The molecule has 0 radical (unpaired) electrons. The standard InChI is InChI=1S/C11H7NOS2/c1-2-10(14-7-1)11-4-3-9(15-11)8-5-6-13-12-8/h1-7H. The maximum Gasteiger partial charge on any atom is 0.124 e. The van der Waals surface area contributed by atoms with E-state index in [1.54, 1.807) is 28.9 Å². The smallest absolute Gasteiger partial charge is 0.124 e. The molecule has 0 aliphatic heterocycles. The molecule has 0 bridgehead atoms. The minimum atomic E-state index is 0.905. The Morgan fingerprint density at radius 1 is 1.00 bits per heavy atom. The normalized spacial score (nSPS) is 10.7. The fourth-order valence-electron chi connectivity index (χ4n) is 1.37. The van der Waals surface area contributed by atoms with E-state index in [-0.39, 0.29) is 0 Å². The number of nitrogens with zero attached hydrogens (tertiary/aromatic N) is 1. The van der Waals surface area contributed by atoms with Crippen LogP contribution in [0.2, 0.25) is 0 Å². The zero-order chi connectivity index (χ0) is 10.1. The first kappa shape index (κ1) is 8.88. The molecule has 0 N–H and O–H groups in total. The first-order chi connectivity index (χ1) is 7.43. The molecule has 2 nitrogen and oxygen atoms in total. The van der Waals surface area contributed by atoms with Gasteiger partial charge in [-0.1, -0.05) is 11.2 Å². The summed E-state index contributed by atoms with van der Waals surface area (Å²) in [5, 5.41) is 6.01. The summed E-state index contributed by atoms with van der Waals surface area (Å²) in [5.74, 6) is 0. The Hall–Kier alpha value is -1.39. The largest absolute Gasteiger partial charge is 0.364 e. The molecule has 74 valence electrons. The maximum absolute atomic E-state index is 4.83. The molecule has 0 aliphatic rings. The van der Waals surface area contributed by atoms with Gasteiger partial charge in [-0.3, -0.25) is 0 Å². The van der Waals surface area contributed by atoms with Crippen LogP contribution < -0.4 is 0 Å². The number of aromatic nitrogens is 1. The van der Waals surface area contributed by atoms with Gasteiger partial charge in [0.25, 0.3) is 0 Å². The third-order valence-corrected chi connectivity index (χ3v) is 4.23. The van der Waals surface area contributed by atoms with Crippen molar-refractivity contribution in [2.75, 3.05) is 0 Å². The topological polar surface area (TPSA) is 26.0 Å². The van der Waals surface area contributed by atoms with Crippen molar-refractivity contribution >= 4 is 22.7 Å². The number of hydrogen-bond donors (Lipinski definition) is 0. The van der Waals surface area contributed by atoms with Crippen molar-refractivity contribution in [1.29, 1.82) is 0 Å². The summed E-state index contributed by atoms with van der Waals surface area (Å²) in [6.07, 6.45) is 1.60. The van der Waals surface area contributed by atoms with E-state index in [4.69, 9.17) is 4.52 Å². The van der Waals surface area contributed by atoms with Crippen LogP contribution in [-0.2, 0) is 0 Å². The predicted molar refractivity (Wildman–Crippen MR) is 63.1 cm³/mol. The van der Waals surface area contributed by atoms with Gasteiger partial charge >= 0.3 is 0 Å². The second kappa shape index (κ2) is 3.64. The molecular formula is C11H7NOS2. The first-order valence-electron chi connectivity index (χ1n) is 4.48. The lowest BCUT2D eigenvalue weighted by Gasteiger charge is -1.88. The lowest BCUT2D eigenvalue weighted by molar-refractivity contribution is 0.422. The van der Waals surface area contributed by atoms with E-state index >= 15 is 0 Å². The molecule has 3 aromatic heterocycles. The quantitative estimate of drug-likeness (QED) is 0.665. The molecule has 3 aromatic rings. The van der Waals surface area contributed by atoms with E-state index in [1.807, 2.05) is 6.07 Å². The Labute approximate surface area is 94.8 Å². The predicted octanol–water partition coefficient (Wildman–Crippen LogP) is 4.13. The number of thiophene rings is 2. The van der Waals surface area contributed by atoms with Crippen LogP contribution in [0.5, 0.6) is 0 Å². The molecule has 0 aromatic carbocycles. The van der Waals surface area contributed by atoms with Gasteiger partial charge in [0.1, 0.15) is 12.0 Å². The Balaban J connectivity index is 2.02. The van der Waals surface area contributed by atoms with Crippen molar-refractivity contribution < 1.29 is 4.52 Å². The summed E-state index contributed by atoms with van der Waals surface area (Å²) in [6.45, 7) is 0. The Bertz CT molecular complexity index is 488. The summed E-state index contributed by atoms with van der Waals surface area (Å²) >= 11 is 3.49. The Morgan fingerprint density at radius 2 is 1.93 bits per heavy atom. The van der Waals surface area contributed by atoms with Gasteiger partial charge in [-0.15, -0.1) is 22.7 Å². The molecule has 0 aliphatic carbocycles. The van der Waals surface area contributed by atoms with Crippen LogP contribution in [0, 0.1) is 0 Å². The Kier molecular flexibility index (Phi) is 2.16. The lowest BCUT2D eigenvalue weighted by Crippen LogP contribution is -1.66. The van der Waals surface area contributed by atoms with Crippen LogP contribution in [0.25, 0.3) is 20.3 Å². The minimum absolute atomic E-state index is 0.905. The molecular weight excluding hydrogens is 226 g/mol. The van der Waals surface area contributed by atoms with Crippen molar-refractivity contribution in [2.45, 2.75) is 0 Å². The van der Waals surface area contributed by atoms with Gasteiger partial charge in [0, 0.05) is 15.8 Å². The lowest BCUT2D eigenvalue weighted by atomic mass is 10.3. The van der Waals surface area contributed by atoms with Crippen LogP contribution >= 0.6 is 22.7 Å². The monoisotopic (exact) mass is 233 g/mol. The van der Waals surface area contributed by atoms with Crippen LogP contribution in [0.15, 0.2) is 46.5 Å². The van der Waals surface area contributed by atoms with Crippen molar-refractivity contribution in [3.63, 3.8) is 0 Å². The highest BCUT2D eigenvalue weighted by atomic mass is 32.1. The molecule has 0 spiro atoms. The average molecular weight is 233 g/mol. The molecule has 0 amide bonds. The highest BCUT2D eigenvalue weighted by molar-refractivity contribution is 7.23. The van der Waals surface area contributed by atoms with E-state index < -0.39 is 0 Å². The summed E-state index contributed by atoms with van der Waals surface area (Å²) in [4.78, 5) is 3.73. The van der Waals surface area contributed by atoms with Crippen LogP contribution in [0.3, 0.4) is 0 Å². The first-order valence-corrected chi connectivity index (χ1v) is 6.17. The third-order valence-electron chi connectivity index (χ3n) is 2.06. The summed E-state index contributed by atoms with van der Waals surface area (Å²) < 4.78 is 4.83. The minimum Gasteiger partial charge on any atom is -0.364 e. The van der Waals surface area contributed by atoms with Crippen molar-refractivity contribution in [2.24, 2.45) is 0 Å². The fourth-order valence-corrected chi connectivity index (χ4v) is 3.17. The average Bonchev–Trinajstić information content (AvgIpc) is 3.02. The number of hydrogen-bond acceptors (Lipinski definition) is 4. The summed E-state index contributed by atoms with van der Waals surface area (Å²) in [6, 6.07) is 10.3. The van der Waals surface area contributed by atoms with Crippen LogP contribution in [0.4, 0.5) is 0 Å². The molecule has 4 heteroatoms. The fraction of sp³-hybridized carbons (Fsp3) is 0. The van der Waals surface area contributed by atoms with E-state index in [9.17, 15) is 0 Å². The van der Waals surface area contributed by atoms with E-state index in [1.165, 1.54) is 9.75 Å². The molecule has 3 heterocycles. The third kappa shape index (κ3) is 1.62. The summed E-state index contributed by atoms with van der Waals surface area (Å²) in [7, 11) is 0. The van der Waals surface area contributed by atoms with Crippen LogP contribution in [0.1, 0.15) is 0 Å². The molecule has 0 saturated heterocycles. The van der Waals surface area contributed by atoms with Gasteiger partial charge < -0.3 is 4.52 Å². The Morgan fingerprint density at radius 3 is 2.67 bits per heavy atom. The van der Waals surface area contributed by atoms with Gasteiger partial charge in [0.15, 0.2) is 0 Å². The molecule has 0 unspecified atom stereocenters. The van der Waals surface area contributed by atoms with Gasteiger partial charge in [-0.2, -0.15) is 0 Å². The van der Waals surface area contributed by atoms with Gasteiger partial charge in [0.05, 0.1) is 4.88 Å². The highest BCUT2D eigenvalue weighted by Gasteiger charge is 2.07. The maximum atomic E-state index is 4.83. The molecule has 0 fully saturated rings.